The van der Waals surface area contributed by atoms with Crippen molar-refractivity contribution in [3.8, 4) is 28.0 Å². The Hall–Kier alpha value is -2.69. The summed E-state index contributed by atoms with van der Waals surface area (Å²) in [6.45, 7) is 1.92. The second-order valence-corrected chi connectivity index (χ2v) is 6.80. The maximum atomic E-state index is 9.59. The van der Waals surface area contributed by atoms with Crippen LogP contribution >= 0.6 is 23.2 Å². The van der Waals surface area contributed by atoms with Gasteiger partial charge in [-0.3, -0.25) is 0 Å². The number of phenolic OH excluding ortho intramolecular Hbond substituents is 1. The Morgan fingerprint density at radius 2 is 1.54 bits per heavy atom. The third-order valence-corrected chi connectivity index (χ3v) is 4.43. The lowest BCUT2D eigenvalue weighted by Crippen LogP contribution is -2.15. The number of rotatable bonds is 3. The fraction of sp³-hybridized carbons (Fsp3) is 0.0500. The highest BCUT2D eigenvalue weighted by Gasteiger charge is 2.17. The van der Waals surface area contributed by atoms with Crippen LogP contribution in [0.1, 0.15) is 11.1 Å². The Morgan fingerprint density at radius 3 is 2.12 bits per heavy atom. The summed E-state index contributed by atoms with van der Waals surface area (Å²) in [7, 11) is 0. The third-order valence-electron chi connectivity index (χ3n) is 4.00. The van der Waals surface area contributed by atoms with Gasteiger partial charge in [-0.05, 0) is 65.6 Å². The minimum absolute atomic E-state index is 0.0140. The molecule has 26 heavy (non-hydrogen) atoms. The van der Waals surface area contributed by atoms with Crippen molar-refractivity contribution in [1.29, 1.82) is 0 Å². The first-order chi connectivity index (χ1) is 12.4. The molecule has 3 aromatic carbocycles. The predicted molar refractivity (Wildman–Crippen MR) is 106 cm³/mol. The average Bonchev–Trinajstić information content (AvgIpc) is 2.60. The van der Waals surface area contributed by atoms with E-state index in [9.17, 15) is 10.3 Å². The molecule has 0 amide bonds. The Labute approximate surface area is 161 Å². The van der Waals surface area contributed by atoms with Gasteiger partial charge in [-0.15, -0.1) is 0 Å². The van der Waals surface area contributed by atoms with Gasteiger partial charge in [-0.2, -0.15) is 0 Å². The normalized spacial score (nSPS) is 11.6. The van der Waals surface area contributed by atoms with E-state index >= 15 is 0 Å². The Morgan fingerprint density at radius 1 is 0.923 bits per heavy atom. The molecule has 132 valence electrons. The van der Waals surface area contributed by atoms with Crippen molar-refractivity contribution >= 4 is 29.0 Å². The number of benzene rings is 3. The van der Waals surface area contributed by atoms with Crippen LogP contribution in [0.5, 0.6) is 5.75 Å². The van der Waals surface area contributed by atoms with Crippen molar-refractivity contribution < 1.29 is 10.3 Å². The highest BCUT2D eigenvalue weighted by Crippen LogP contribution is 2.38. The molecule has 3 aromatic rings. The van der Waals surface area contributed by atoms with Crippen LogP contribution in [0.3, 0.4) is 0 Å². The number of hydrogen-bond donors (Lipinski definition) is 3. The number of oxime groups is 1. The summed E-state index contributed by atoms with van der Waals surface area (Å²) in [6.07, 6.45) is 0. The van der Waals surface area contributed by atoms with Crippen molar-refractivity contribution in [2.75, 3.05) is 0 Å². The molecule has 0 saturated carbocycles. The highest BCUT2D eigenvalue weighted by molar-refractivity contribution is 6.35. The molecule has 4 nitrogen and oxygen atoms in total. The lowest BCUT2D eigenvalue weighted by atomic mass is 9.88. The number of aromatic hydroxyl groups is 1. The van der Waals surface area contributed by atoms with Crippen LogP contribution in [0.15, 0.2) is 59.8 Å². The molecule has 0 atom stereocenters. The lowest BCUT2D eigenvalue weighted by molar-refractivity contribution is 0.318. The number of amidine groups is 1. The van der Waals surface area contributed by atoms with Gasteiger partial charge in [0.25, 0.3) is 0 Å². The summed E-state index contributed by atoms with van der Waals surface area (Å²) in [6, 6.07) is 15.8. The predicted octanol–water partition coefficient (Wildman–Crippen LogP) is 5.44. The van der Waals surface area contributed by atoms with Crippen molar-refractivity contribution in [3.05, 3.63) is 75.8 Å². The number of halogens is 2. The summed E-state index contributed by atoms with van der Waals surface area (Å²) < 4.78 is 0. The molecule has 0 fully saturated rings. The highest BCUT2D eigenvalue weighted by atomic mass is 35.5. The molecular formula is C20H16Cl2N2O2. The maximum absolute atomic E-state index is 9.59. The van der Waals surface area contributed by atoms with Gasteiger partial charge in [0.15, 0.2) is 5.84 Å². The zero-order valence-corrected chi connectivity index (χ0v) is 15.4. The first-order valence-corrected chi connectivity index (χ1v) is 8.53. The molecular weight excluding hydrogens is 371 g/mol. The molecule has 0 spiro atoms. The van der Waals surface area contributed by atoms with E-state index in [1.54, 1.807) is 42.5 Å². The van der Waals surface area contributed by atoms with Gasteiger partial charge in [0.2, 0.25) is 0 Å². The standard InChI is InChI=1S/C20H16Cl2N2O2/c1-11-6-17(12-2-4-16(25)5-3-12)19(18(7-11)20(23)24-26)13-8-14(21)10-15(22)9-13/h2-10,25-26H,1H3,(H2,23,24). The molecule has 4 N–H and O–H groups in total. The van der Waals surface area contributed by atoms with Gasteiger partial charge >= 0.3 is 0 Å². The Bertz CT molecular complexity index is 979. The van der Waals surface area contributed by atoms with Gasteiger partial charge in [-0.25, -0.2) is 0 Å². The zero-order valence-electron chi connectivity index (χ0n) is 13.9. The van der Waals surface area contributed by atoms with Crippen molar-refractivity contribution in [3.63, 3.8) is 0 Å². The Kier molecular flexibility index (Phi) is 5.07. The molecule has 6 heteroatoms. The minimum Gasteiger partial charge on any atom is -0.508 e. The van der Waals surface area contributed by atoms with E-state index in [4.69, 9.17) is 28.9 Å². The molecule has 0 bridgehead atoms. The molecule has 0 aliphatic carbocycles. The van der Waals surface area contributed by atoms with Crippen LogP contribution in [0.25, 0.3) is 22.3 Å². The molecule has 0 saturated heterocycles. The van der Waals surface area contributed by atoms with E-state index < -0.39 is 0 Å². The SMILES string of the molecule is Cc1cc(/C(N)=N/O)c(-c2cc(Cl)cc(Cl)c2)c(-c2ccc(O)cc2)c1. The molecule has 0 heterocycles. The summed E-state index contributed by atoms with van der Waals surface area (Å²) >= 11 is 12.4. The number of nitrogens with two attached hydrogens (primary N) is 1. The zero-order chi connectivity index (χ0) is 18.8. The van der Waals surface area contributed by atoms with Gasteiger partial charge in [0.05, 0.1) is 0 Å². The van der Waals surface area contributed by atoms with Gasteiger partial charge in [-0.1, -0.05) is 46.6 Å². The largest absolute Gasteiger partial charge is 0.508 e. The van der Waals surface area contributed by atoms with E-state index in [-0.39, 0.29) is 11.6 Å². The quantitative estimate of drug-likeness (QED) is 0.242. The second-order valence-electron chi connectivity index (χ2n) is 5.93. The van der Waals surface area contributed by atoms with Crippen molar-refractivity contribution in [2.24, 2.45) is 10.9 Å². The topological polar surface area (TPSA) is 78.8 Å². The van der Waals surface area contributed by atoms with E-state index in [1.807, 2.05) is 19.1 Å². The van der Waals surface area contributed by atoms with Crippen LogP contribution in [0, 0.1) is 6.92 Å². The number of hydrogen-bond acceptors (Lipinski definition) is 3. The molecule has 0 aliphatic rings. The van der Waals surface area contributed by atoms with Gasteiger partial charge < -0.3 is 16.0 Å². The van der Waals surface area contributed by atoms with Gasteiger partial charge in [0.1, 0.15) is 5.75 Å². The first-order valence-electron chi connectivity index (χ1n) is 7.77. The molecule has 0 unspecified atom stereocenters. The van der Waals surface area contributed by atoms with Crippen molar-refractivity contribution in [1.82, 2.24) is 0 Å². The smallest absolute Gasteiger partial charge is 0.170 e. The van der Waals surface area contributed by atoms with Crippen LogP contribution < -0.4 is 5.73 Å². The third kappa shape index (κ3) is 3.62. The van der Waals surface area contributed by atoms with Crippen LogP contribution in [-0.4, -0.2) is 16.1 Å². The monoisotopic (exact) mass is 386 g/mol. The van der Waals surface area contributed by atoms with E-state index in [2.05, 4.69) is 5.16 Å². The lowest BCUT2D eigenvalue weighted by Gasteiger charge is -2.17. The van der Waals surface area contributed by atoms with E-state index in [1.165, 1.54) is 0 Å². The van der Waals surface area contributed by atoms with E-state index in [0.29, 0.717) is 15.6 Å². The number of nitrogens with zero attached hydrogens (tertiary/aromatic N) is 1. The number of aryl methyl sites for hydroxylation is 1. The number of phenols is 1. The maximum Gasteiger partial charge on any atom is 0.170 e. The summed E-state index contributed by atoms with van der Waals surface area (Å²) in [4.78, 5) is 0. The molecule has 0 aromatic heterocycles. The first kappa shape index (κ1) is 18.1. The molecule has 0 aliphatic heterocycles. The summed E-state index contributed by atoms with van der Waals surface area (Å²) in [5, 5.41) is 23.0. The summed E-state index contributed by atoms with van der Waals surface area (Å²) in [5.74, 6) is 0.158. The average molecular weight is 387 g/mol. The van der Waals surface area contributed by atoms with Crippen LogP contribution in [0.2, 0.25) is 10.0 Å². The van der Waals surface area contributed by atoms with Crippen LogP contribution in [0.4, 0.5) is 0 Å². The second kappa shape index (κ2) is 7.28. The van der Waals surface area contributed by atoms with Crippen molar-refractivity contribution in [2.45, 2.75) is 6.92 Å². The summed E-state index contributed by atoms with van der Waals surface area (Å²) in [5.41, 5.74) is 10.6. The molecule has 0 radical (unpaired) electrons. The Balaban J connectivity index is 2.39. The van der Waals surface area contributed by atoms with E-state index in [0.717, 1.165) is 27.8 Å². The minimum atomic E-state index is -0.0140. The van der Waals surface area contributed by atoms with Gasteiger partial charge in [0, 0.05) is 21.2 Å². The fourth-order valence-electron chi connectivity index (χ4n) is 2.92. The van der Waals surface area contributed by atoms with Crippen LogP contribution in [-0.2, 0) is 0 Å². The fourth-order valence-corrected chi connectivity index (χ4v) is 3.45. The molecule has 3 rings (SSSR count).